The van der Waals surface area contributed by atoms with Crippen LogP contribution in [0.5, 0.6) is 5.75 Å². The second kappa shape index (κ2) is 7.89. The quantitative estimate of drug-likeness (QED) is 0.876. The fourth-order valence-corrected chi connectivity index (χ4v) is 3.30. The van der Waals surface area contributed by atoms with Gasteiger partial charge in [0.2, 0.25) is 5.91 Å². The third kappa shape index (κ3) is 4.33. The average molecular weight is 359 g/mol. The molecule has 3 rings (SSSR count). The van der Waals surface area contributed by atoms with Crippen LogP contribution in [0.2, 0.25) is 5.02 Å². The molecular formula is C20H23ClN2O2. The molecule has 0 atom stereocenters. The van der Waals surface area contributed by atoms with E-state index in [1.54, 1.807) is 13.2 Å². The smallest absolute Gasteiger partial charge is 0.225 e. The van der Waals surface area contributed by atoms with Gasteiger partial charge in [0.15, 0.2) is 0 Å². The van der Waals surface area contributed by atoms with Crippen molar-refractivity contribution in [1.29, 1.82) is 0 Å². The van der Waals surface area contributed by atoms with Crippen LogP contribution in [0.1, 0.15) is 23.1 Å². The lowest BCUT2D eigenvalue weighted by molar-refractivity contribution is -0.116. The van der Waals surface area contributed by atoms with Crippen molar-refractivity contribution in [3.8, 4) is 5.75 Å². The summed E-state index contributed by atoms with van der Waals surface area (Å²) >= 11 is 6.11. The summed E-state index contributed by atoms with van der Waals surface area (Å²) < 4.78 is 5.31. The number of nitrogens with one attached hydrogen (secondary N) is 1. The molecule has 2 aromatic rings. The Morgan fingerprint density at radius 1 is 1.28 bits per heavy atom. The van der Waals surface area contributed by atoms with Gasteiger partial charge in [-0.15, -0.1) is 0 Å². The molecule has 0 bridgehead atoms. The number of anilines is 1. The van der Waals surface area contributed by atoms with Crippen LogP contribution in [0.4, 0.5) is 5.69 Å². The number of nitrogens with zero attached hydrogens (tertiary/aromatic N) is 1. The lowest BCUT2D eigenvalue weighted by Crippen LogP contribution is -2.33. The highest BCUT2D eigenvalue weighted by atomic mass is 35.5. The minimum atomic E-state index is -0.0149. The molecule has 1 amide bonds. The highest BCUT2D eigenvalue weighted by Gasteiger charge is 2.17. The van der Waals surface area contributed by atoms with Gasteiger partial charge in [0.25, 0.3) is 0 Å². The van der Waals surface area contributed by atoms with E-state index < -0.39 is 0 Å². The van der Waals surface area contributed by atoms with Crippen molar-refractivity contribution in [2.24, 2.45) is 0 Å². The van der Waals surface area contributed by atoms with E-state index in [2.05, 4.69) is 34.5 Å². The molecule has 4 nitrogen and oxygen atoms in total. The topological polar surface area (TPSA) is 41.6 Å². The second-order valence-corrected chi connectivity index (χ2v) is 6.80. The van der Waals surface area contributed by atoms with Gasteiger partial charge in [0.1, 0.15) is 5.75 Å². The Bertz CT molecular complexity index is 776. The monoisotopic (exact) mass is 358 g/mol. The highest BCUT2D eigenvalue weighted by molar-refractivity contribution is 6.31. The molecule has 1 N–H and O–H groups in total. The van der Waals surface area contributed by atoms with Crippen molar-refractivity contribution in [2.75, 3.05) is 25.5 Å². The maximum Gasteiger partial charge on any atom is 0.225 e. The lowest BCUT2D eigenvalue weighted by Gasteiger charge is -2.28. The number of rotatable bonds is 5. The molecule has 0 aliphatic carbocycles. The molecule has 2 aromatic carbocycles. The van der Waals surface area contributed by atoms with Crippen LogP contribution in [-0.4, -0.2) is 31.0 Å². The Morgan fingerprint density at radius 3 is 2.80 bits per heavy atom. The van der Waals surface area contributed by atoms with Gasteiger partial charge < -0.3 is 10.1 Å². The molecular weight excluding hydrogens is 336 g/mol. The summed E-state index contributed by atoms with van der Waals surface area (Å²) in [5.74, 6) is 0.565. The van der Waals surface area contributed by atoms with Crippen molar-refractivity contribution in [1.82, 2.24) is 4.90 Å². The van der Waals surface area contributed by atoms with E-state index in [0.29, 0.717) is 22.9 Å². The van der Waals surface area contributed by atoms with E-state index in [1.165, 1.54) is 11.1 Å². The highest BCUT2D eigenvalue weighted by Crippen LogP contribution is 2.31. The van der Waals surface area contributed by atoms with Gasteiger partial charge in [-0.1, -0.05) is 35.9 Å². The molecule has 0 saturated carbocycles. The average Bonchev–Trinajstić information content (AvgIpc) is 2.62. The summed E-state index contributed by atoms with van der Waals surface area (Å²) in [5.41, 5.74) is 4.36. The number of fused-ring (bicyclic) bond motifs is 1. The maximum atomic E-state index is 12.3. The number of aryl methyl sites for hydroxylation is 1. The van der Waals surface area contributed by atoms with E-state index >= 15 is 0 Å². The molecule has 1 aliphatic heterocycles. The third-order valence-corrected chi connectivity index (χ3v) is 5.03. The Kier molecular flexibility index (Phi) is 5.61. The molecule has 25 heavy (non-hydrogen) atoms. The lowest BCUT2D eigenvalue weighted by atomic mass is 10.00. The van der Waals surface area contributed by atoms with Crippen molar-refractivity contribution in [3.05, 3.63) is 58.1 Å². The van der Waals surface area contributed by atoms with Crippen molar-refractivity contribution >= 4 is 23.2 Å². The zero-order valence-electron chi connectivity index (χ0n) is 14.6. The Hall–Kier alpha value is -2.04. The number of benzene rings is 2. The number of hydrogen-bond acceptors (Lipinski definition) is 3. The first kappa shape index (κ1) is 17.8. The summed E-state index contributed by atoms with van der Waals surface area (Å²) in [4.78, 5) is 14.7. The summed E-state index contributed by atoms with van der Waals surface area (Å²) in [6, 6.07) is 12.1. The first-order chi connectivity index (χ1) is 12.1. The molecule has 1 heterocycles. The van der Waals surface area contributed by atoms with Gasteiger partial charge in [-0.3, -0.25) is 9.69 Å². The van der Waals surface area contributed by atoms with E-state index in [4.69, 9.17) is 16.3 Å². The van der Waals surface area contributed by atoms with Crippen LogP contribution in [0, 0.1) is 6.92 Å². The van der Waals surface area contributed by atoms with Gasteiger partial charge in [-0.25, -0.2) is 0 Å². The first-order valence-corrected chi connectivity index (χ1v) is 8.87. The summed E-state index contributed by atoms with van der Waals surface area (Å²) in [7, 11) is 1.57. The van der Waals surface area contributed by atoms with Crippen LogP contribution >= 0.6 is 11.6 Å². The second-order valence-electron chi connectivity index (χ2n) is 6.39. The van der Waals surface area contributed by atoms with E-state index in [0.717, 1.165) is 31.6 Å². The van der Waals surface area contributed by atoms with Gasteiger partial charge >= 0.3 is 0 Å². The van der Waals surface area contributed by atoms with Crippen LogP contribution < -0.4 is 10.1 Å². The molecule has 1 aliphatic rings. The number of amides is 1. The van der Waals surface area contributed by atoms with E-state index in [9.17, 15) is 4.79 Å². The third-order valence-electron chi connectivity index (χ3n) is 4.62. The zero-order chi connectivity index (χ0) is 17.8. The minimum Gasteiger partial charge on any atom is -0.495 e. The first-order valence-electron chi connectivity index (χ1n) is 8.50. The standard InChI is InChI=1S/C20H23ClN2O2/c1-14-11-18(19(25-2)12-17(14)21)22-20(24)8-10-23-9-7-15-5-3-4-6-16(15)13-23/h3-6,11-12H,7-10,13H2,1-2H3,(H,22,24). The number of carbonyl (C=O) groups is 1. The van der Waals surface area contributed by atoms with E-state index in [1.807, 2.05) is 13.0 Å². The summed E-state index contributed by atoms with van der Waals surface area (Å²) in [6.07, 6.45) is 1.50. The van der Waals surface area contributed by atoms with Crippen molar-refractivity contribution in [3.63, 3.8) is 0 Å². The Labute approximate surface area is 153 Å². The number of methoxy groups -OCH3 is 1. The number of hydrogen-bond donors (Lipinski definition) is 1. The minimum absolute atomic E-state index is 0.0149. The fraction of sp³-hybridized carbons (Fsp3) is 0.350. The molecule has 0 saturated heterocycles. The molecule has 132 valence electrons. The van der Waals surface area contributed by atoms with Crippen LogP contribution in [-0.2, 0) is 17.8 Å². The molecule has 0 unspecified atom stereocenters. The Balaban J connectivity index is 1.56. The number of carbonyl (C=O) groups excluding carboxylic acids is 1. The normalized spacial score (nSPS) is 14.0. The van der Waals surface area contributed by atoms with Gasteiger partial charge in [-0.05, 0) is 36.1 Å². The summed E-state index contributed by atoms with van der Waals surface area (Å²) in [6.45, 7) is 4.55. The fourth-order valence-electron chi connectivity index (χ4n) is 3.15. The molecule has 0 aromatic heterocycles. The number of ether oxygens (including phenoxy) is 1. The molecule has 5 heteroatoms. The Morgan fingerprint density at radius 2 is 2.04 bits per heavy atom. The largest absolute Gasteiger partial charge is 0.495 e. The van der Waals surface area contributed by atoms with E-state index in [-0.39, 0.29) is 5.91 Å². The van der Waals surface area contributed by atoms with Crippen LogP contribution in [0.15, 0.2) is 36.4 Å². The predicted octanol–water partition coefficient (Wildman–Crippen LogP) is 4.04. The molecule has 0 spiro atoms. The van der Waals surface area contributed by atoms with Gasteiger partial charge in [-0.2, -0.15) is 0 Å². The van der Waals surface area contributed by atoms with Gasteiger partial charge in [0, 0.05) is 37.1 Å². The molecule has 0 fully saturated rings. The van der Waals surface area contributed by atoms with Crippen molar-refractivity contribution in [2.45, 2.75) is 26.3 Å². The van der Waals surface area contributed by atoms with Crippen molar-refractivity contribution < 1.29 is 9.53 Å². The zero-order valence-corrected chi connectivity index (χ0v) is 15.4. The SMILES string of the molecule is COc1cc(Cl)c(C)cc1NC(=O)CCN1CCc2ccccc2C1. The number of halogens is 1. The van der Waals surface area contributed by atoms with Crippen LogP contribution in [0.3, 0.4) is 0 Å². The van der Waals surface area contributed by atoms with Gasteiger partial charge in [0.05, 0.1) is 12.8 Å². The maximum absolute atomic E-state index is 12.3. The van der Waals surface area contributed by atoms with Crippen LogP contribution in [0.25, 0.3) is 0 Å². The predicted molar refractivity (Wildman–Crippen MR) is 101 cm³/mol. The molecule has 0 radical (unpaired) electrons. The summed E-state index contributed by atoms with van der Waals surface area (Å²) in [5, 5.41) is 3.57.